The summed E-state index contributed by atoms with van der Waals surface area (Å²) in [4.78, 5) is 69.6. The average Bonchev–Trinajstić information content (AvgIpc) is 2.95. The van der Waals surface area contributed by atoms with Crippen molar-refractivity contribution in [3.05, 3.63) is 0 Å². The van der Waals surface area contributed by atoms with Crippen LogP contribution in [0.3, 0.4) is 0 Å². The SMILES string of the molecule is CC(=O)CCCCCCCCCCCCCCCCCCCCC(=O)C[C@@H](CCC(=O)C[C@@H](CCC(C)=O)C(=O)O)C(=O)O. The van der Waals surface area contributed by atoms with Crippen LogP contribution in [0.5, 0.6) is 0 Å². The number of Topliss-reactive ketones (excluding diaryl/α,β-unsaturated/α-hetero) is 4. The fraction of sp³-hybridized carbons (Fsp3) is 0.833. The van der Waals surface area contributed by atoms with Crippen LogP contribution in [0.4, 0.5) is 0 Å². The molecule has 0 aliphatic heterocycles. The Hall–Kier alpha value is -2.38. The molecule has 0 fully saturated rings. The Labute approximate surface area is 266 Å². The van der Waals surface area contributed by atoms with E-state index in [0.29, 0.717) is 12.2 Å². The van der Waals surface area contributed by atoms with Gasteiger partial charge in [-0.2, -0.15) is 0 Å². The largest absolute Gasteiger partial charge is 0.481 e. The summed E-state index contributed by atoms with van der Waals surface area (Å²) in [6.45, 7) is 3.04. The van der Waals surface area contributed by atoms with Gasteiger partial charge in [0.15, 0.2) is 0 Å². The van der Waals surface area contributed by atoms with E-state index in [1.165, 1.54) is 90.4 Å². The molecule has 8 heteroatoms. The Kier molecular flexibility index (Phi) is 26.6. The molecule has 0 aliphatic carbocycles. The highest BCUT2D eigenvalue weighted by Crippen LogP contribution is 2.20. The van der Waals surface area contributed by atoms with Crippen LogP contribution in [-0.4, -0.2) is 45.3 Å². The number of carboxylic acid groups (broad SMARTS) is 2. The molecule has 0 unspecified atom stereocenters. The van der Waals surface area contributed by atoms with Crippen LogP contribution in [0, 0.1) is 11.8 Å². The minimum absolute atomic E-state index is 0.0176. The molecule has 0 radical (unpaired) electrons. The van der Waals surface area contributed by atoms with Gasteiger partial charge in [0, 0.05) is 38.5 Å². The third-order valence-corrected chi connectivity index (χ3v) is 8.50. The second-order valence-corrected chi connectivity index (χ2v) is 12.9. The molecule has 2 N–H and O–H groups in total. The minimum atomic E-state index is -1.14. The number of unbranched alkanes of at least 4 members (excludes halogenated alkanes) is 17. The van der Waals surface area contributed by atoms with Crippen LogP contribution >= 0.6 is 0 Å². The van der Waals surface area contributed by atoms with E-state index >= 15 is 0 Å². The number of hydrogen-bond donors (Lipinski definition) is 2. The van der Waals surface area contributed by atoms with Crippen LogP contribution in [0.2, 0.25) is 0 Å². The first-order chi connectivity index (χ1) is 21.0. The van der Waals surface area contributed by atoms with Crippen LogP contribution < -0.4 is 0 Å². The Bertz CT molecular complexity index is 834. The maximum absolute atomic E-state index is 12.4. The molecular formula is C36H62O8. The van der Waals surface area contributed by atoms with E-state index in [9.17, 15) is 39.0 Å². The van der Waals surface area contributed by atoms with Gasteiger partial charge in [0.1, 0.15) is 23.1 Å². The topological polar surface area (TPSA) is 143 Å². The lowest BCUT2D eigenvalue weighted by molar-refractivity contribution is -0.145. The molecule has 0 rings (SSSR count). The van der Waals surface area contributed by atoms with Gasteiger partial charge >= 0.3 is 11.9 Å². The van der Waals surface area contributed by atoms with Crippen molar-refractivity contribution in [3.8, 4) is 0 Å². The van der Waals surface area contributed by atoms with Crippen molar-refractivity contribution >= 4 is 35.1 Å². The fourth-order valence-corrected chi connectivity index (χ4v) is 5.62. The summed E-state index contributed by atoms with van der Waals surface area (Å²) in [6.07, 6.45) is 22.7. The van der Waals surface area contributed by atoms with Crippen molar-refractivity contribution in [2.45, 2.75) is 181 Å². The molecule has 2 atom stereocenters. The second-order valence-electron chi connectivity index (χ2n) is 12.9. The van der Waals surface area contributed by atoms with Crippen molar-refractivity contribution in [3.63, 3.8) is 0 Å². The highest BCUT2D eigenvalue weighted by molar-refractivity contribution is 5.86. The van der Waals surface area contributed by atoms with E-state index in [1.807, 2.05) is 0 Å². The molecule has 254 valence electrons. The van der Waals surface area contributed by atoms with Gasteiger partial charge in [0.05, 0.1) is 11.8 Å². The monoisotopic (exact) mass is 622 g/mol. The molecule has 44 heavy (non-hydrogen) atoms. The van der Waals surface area contributed by atoms with E-state index in [0.717, 1.165) is 38.5 Å². The van der Waals surface area contributed by atoms with E-state index in [-0.39, 0.29) is 55.9 Å². The molecule has 0 aromatic rings. The number of carbonyl (C=O) groups excluding carboxylic acids is 4. The Morgan fingerprint density at radius 2 is 0.659 bits per heavy atom. The van der Waals surface area contributed by atoms with Crippen molar-refractivity contribution < 1.29 is 39.0 Å². The maximum Gasteiger partial charge on any atom is 0.306 e. The Morgan fingerprint density at radius 3 is 0.977 bits per heavy atom. The normalized spacial score (nSPS) is 12.5. The van der Waals surface area contributed by atoms with Crippen LogP contribution in [0.15, 0.2) is 0 Å². The first kappa shape index (κ1) is 41.6. The molecule has 0 saturated heterocycles. The molecule has 0 spiro atoms. The molecule has 0 bridgehead atoms. The number of aliphatic carboxylic acids is 2. The van der Waals surface area contributed by atoms with Gasteiger partial charge in [-0.15, -0.1) is 0 Å². The van der Waals surface area contributed by atoms with Crippen molar-refractivity contribution in [2.75, 3.05) is 0 Å². The van der Waals surface area contributed by atoms with Crippen molar-refractivity contribution in [2.24, 2.45) is 11.8 Å². The van der Waals surface area contributed by atoms with Crippen LogP contribution in [0.1, 0.15) is 181 Å². The highest BCUT2D eigenvalue weighted by atomic mass is 16.4. The van der Waals surface area contributed by atoms with Gasteiger partial charge in [-0.25, -0.2) is 0 Å². The van der Waals surface area contributed by atoms with Crippen LogP contribution in [-0.2, 0) is 28.8 Å². The predicted octanol–water partition coefficient (Wildman–Crippen LogP) is 8.85. The summed E-state index contributed by atoms with van der Waals surface area (Å²) < 4.78 is 0. The van der Waals surface area contributed by atoms with Gasteiger partial charge in [-0.3, -0.25) is 19.2 Å². The summed E-state index contributed by atoms with van der Waals surface area (Å²) >= 11 is 0. The van der Waals surface area contributed by atoms with Gasteiger partial charge in [-0.05, 0) is 39.5 Å². The summed E-state index contributed by atoms with van der Waals surface area (Å²) in [5.74, 6) is -4.42. The molecule has 0 amide bonds. The first-order valence-corrected chi connectivity index (χ1v) is 17.5. The third kappa shape index (κ3) is 27.2. The molecule has 0 saturated carbocycles. The minimum Gasteiger partial charge on any atom is -0.481 e. The summed E-state index contributed by atoms with van der Waals surface area (Å²) in [6, 6.07) is 0. The van der Waals surface area contributed by atoms with Crippen LogP contribution in [0.25, 0.3) is 0 Å². The fourth-order valence-electron chi connectivity index (χ4n) is 5.62. The van der Waals surface area contributed by atoms with Gasteiger partial charge in [-0.1, -0.05) is 103 Å². The number of carboxylic acids is 2. The predicted molar refractivity (Wildman–Crippen MR) is 174 cm³/mol. The summed E-state index contributed by atoms with van der Waals surface area (Å²) in [5.41, 5.74) is 0. The average molecular weight is 623 g/mol. The first-order valence-electron chi connectivity index (χ1n) is 17.5. The van der Waals surface area contributed by atoms with Crippen molar-refractivity contribution in [1.29, 1.82) is 0 Å². The Balaban J connectivity index is 3.74. The van der Waals surface area contributed by atoms with Gasteiger partial charge < -0.3 is 19.8 Å². The third-order valence-electron chi connectivity index (χ3n) is 8.50. The zero-order valence-electron chi connectivity index (χ0n) is 27.9. The van der Waals surface area contributed by atoms with Crippen molar-refractivity contribution in [1.82, 2.24) is 0 Å². The van der Waals surface area contributed by atoms with E-state index in [2.05, 4.69) is 0 Å². The molecule has 0 aromatic carbocycles. The number of ketones is 4. The molecular weight excluding hydrogens is 560 g/mol. The molecule has 0 heterocycles. The zero-order chi connectivity index (χ0) is 33.0. The standard InChI is InChI=1S/C36H62O8/c1-29(37)21-19-17-15-13-11-9-7-5-3-4-6-8-10-12-14-16-18-20-22-33(39)27-32(36(43)44)25-26-34(40)28-31(35(41)42)24-23-30(2)38/h31-32H,3-28H2,1-2H3,(H,41,42)(H,43,44)/t31-,32-/m1/s1. The highest BCUT2D eigenvalue weighted by Gasteiger charge is 2.25. The number of hydrogen-bond acceptors (Lipinski definition) is 6. The Morgan fingerprint density at radius 1 is 0.386 bits per heavy atom. The summed E-state index contributed by atoms with van der Waals surface area (Å²) in [5, 5.41) is 18.8. The van der Waals surface area contributed by atoms with E-state index in [4.69, 9.17) is 0 Å². The van der Waals surface area contributed by atoms with E-state index in [1.54, 1.807) is 6.92 Å². The van der Waals surface area contributed by atoms with E-state index < -0.39 is 23.8 Å². The molecule has 8 nitrogen and oxygen atoms in total. The molecule has 0 aliphatic rings. The maximum atomic E-state index is 12.4. The van der Waals surface area contributed by atoms with Gasteiger partial charge in [0.25, 0.3) is 0 Å². The smallest absolute Gasteiger partial charge is 0.306 e. The summed E-state index contributed by atoms with van der Waals surface area (Å²) in [7, 11) is 0. The molecule has 0 aromatic heterocycles. The quantitative estimate of drug-likeness (QED) is 0.0691. The second kappa shape index (κ2) is 28.1. The van der Waals surface area contributed by atoms with Gasteiger partial charge in [0.2, 0.25) is 0 Å². The zero-order valence-corrected chi connectivity index (χ0v) is 27.9. The number of carbonyl (C=O) groups is 6. The lowest BCUT2D eigenvalue weighted by Gasteiger charge is -2.13. The number of rotatable bonds is 33. The lowest BCUT2D eigenvalue weighted by Crippen LogP contribution is -2.22. The lowest BCUT2D eigenvalue weighted by atomic mass is 9.90.